The molecule has 5 unspecified atom stereocenters. The summed E-state index contributed by atoms with van der Waals surface area (Å²) < 4.78 is 5.46. The van der Waals surface area contributed by atoms with Crippen LogP contribution in [-0.4, -0.2) is 29.6 Å². The molecule has 1 saturated carbocycles. The molecule has 1 saturated heterocycles. The van der Waals surface area contributed by atoms with E-state index in [0.29, 0.717) is 11.1 Å². The molecule has 1 aliphatic heterocycles. The molecular weight excluding hydrogens is 244 g/mol. The first kappa shape index (κ1) is 12.6. The molecule has 3 rings (SSSR count). The van der Waals surface area contributed by atoms with Crippen LogP contribution in [0.2, 0.25) is 0 Å². The van der Waals surface area contributed by atoms with Crippen molar-refractivity contribution in [1.29, 1.82) is 0 Å². The fourth-order valence-electron chi connectivity index (χ4n) is 3.90. The van der Waals surface area contributed by atoms with Crippen LogP contribution in [0.3, 0.4) is 0 Å². The van der Waals surface area contributed by atoms with Gasteiger partial charge in [0, 0.05) is 23.3 Å². The molecule has 0 aromatic rings. The van der Waals surface area contributed by atoms with E-state index in [2.05, 4.69) is 13.5 Å². The third-order valence-electron chi connectivity index (χ3n) is 4.90. The van der Waals surface area contributed by atoms with Crippen molar-refractivity contribution in [3.8, 4) is 0 Å². The Morgan fingerprint density at radius 3 is 2.79 bits per heavy atom. The molecule has 102 valence electrons. The van der Waals surface area contributed by atoms with E-state index in [-0.39, 0.29) is 48.1 Å². The third-order valence-corrected chi connectivity index (χ3v) is 4.90. The van der Waals surface area contributed by atoms with Gasteiger partial charge in [-0.05, 0) is 30.4 Å². The minimum atomic E-state index is -0.347. The number of carbonyl (C=O) groups is 2. The first-order valence-electron chi connectivity index (χ1n) is 6.79. The average molecular weight is 262 g/mol. The summed E-state index contributed by atoms with van der Waals surface area (Å²) in [6.07, 6.45) is 2.94. The molecule has 0 spiro atoms. The second-order valence-corrected chi connectivity index (χ2v) is 5.89. The van der Waals surface area contributed by atoms with Crippen molar-refractivity contribution >= 4 is 11.8 Å². The molecule has 0 amide bonds. The SMILES string of the molecule is C=C1C(=O)OC2C1CCC(C)C1C(=O)C=C(CO)C21. The average Bonchev–Trinajstić information content (AvgIpc) is 2.80. The first-order valence-corrected chi connectivity index (χ1v) is 6.79. The van der Waals surface area contributed by atoms with Crippen LogP contribution in [0.4, 0.5) is 0 Å². The monoisotopic (exact) mass is 262 g/mol. The Labute approximate surface area is 112 Å². The van der Waals surface area contributed by atoms with E-state index in [9.17, 15) is 14.7 Å². The van der Waals surface area contributed by atoms with Gasteiger partial charge >= 0.3 is 5.97 Å². The minimum absolute atomic E-state index is 0.00852. The van der Waals surface area contributed by atoms with Gasteiger partial charge in [-0.1, -0.05) is 13.5 Å². The van der Waals surface area contributed by atoms with Crippen LogP contribution in [0.15, 0.2) is 23.8 Å². The molecule has 3 aliphatic rings. The highest BCUT2D eigenvalue weighted by Crippen LogP contribution is 2.49. The predicted molar refractivity (Wildman–Crippen MR) is 68.1 cm³/mol. The number of hydrogen-bond donors (Lipinski definition) is 1. The summed E-state index contributed by atoms with van der Waals surface area (Å²) in [5, 5.41) is 9.47. The second-order valence-electron chi connectivity index (χ2n) is 5.89. The van der Waals surface area contributed by atoms with E-state index >= 15 is 0 Å². The summed E-state index contributed by atoms with van der Waals surface area (Å²) in [4.78, 5) is 23.9. The molecule has 1 N–H and O–H groups in total. The molecule has 4 heteroatoms. The van der Waals surface area contributed by atoms with Crippen LogP contribution in [0.25, 0.3) is 0 Å². The summed E-state index contributed by atoms with van der Waals surface area (Å²) in [6, 6.07) is 0. The summed E-state index contributed by atoms with van der Waals surface area (Å²) >= 11 is 0. The fourth-order valence-corrected chi connectivity index (χ4v) is 3.90. The normalized spacial score (nSPS) is 41.5. The number of fused-ring (bicyclic) bond motifs is 3. The number of esters is 1. The molecule has 19 heavy (non-hydrogen) atoms. The van der Waals surface area contributed by atoms with Gasteiger partial charge in [-0.2, -0.15) is 0 Å². The summed E-state index contributed by atoms with van der Waals surface area (Å²) in [6.45, 7) is 5.75. The van der Waals surface area contributed by atoms with Crippen LogP contribution in [0.1, 0.15) is 19.8 Å². The zero-order valence-electron chi connectivity index (χ0n) is 11.0. The van der Waals surface area contributed by atoms with Crippen molar-refractivity contribution in [2.75, 3.05) is 6.61 Å². The van der Waals surface area contributed by atoms with Crippen LogP contribution < -0.4 is 0 Å². The van der Waals surface area contributed by atoms with Crippen LogP contribution in [-0.2, 0) is 14.3 Å². The number of ether oxygens (including phenoxy) is 1. The number of aliphatic hydroxyl groups is 1. The van der Waals surface area contributed by atoms with Gasteiger partial charge in [0.2, 0.25) is 0 Å². The molecule has 2 fully saturated rings. The van der Waals surface area contributed by atoms with E-state index in [4.69, 9.17) is 4.74 Å². The maximum atomic E-state index is 12.1. The predicted octanol–water partition coefficient (Wildman–Crippen LogP) is 1.25. The lowest BCUT2D eigenvalue weighted by Crippen LogP contribution is -2.34. The number of hydrogen-bond acceptors (Lipinski definition) is 4. The van der Waals surface area contributed by atoms with Gasteiger partial charge in [-0.15, -0.1) is 0 Å². The number of carbonyl (C=O) groups excluding carboxylic acids is 2. The Balaban J connectivity index is 2.02. The summed E-state index contributed by atoms with van der Waals surface area (Å²) in [5.74, 6) is -0.365. The molecule has 2 aliphatic carbocycles. The molecule has 1 heterocycles. The minimum Gasteiger partial charge on any atom is -0.458 e. The van der Waals surface area contributed by atoms with Gasteiger partial charge in [0.05, 0.1) is 6.61 Å². The molecule has 0 bridgehead atoms. The number of ketones is 1. The highest BCUT2D eigenvalue weighted by Gasteiger charge is 2.53. The molecule has 4 nitrogen and oxygen atoms in total. The Bertz CT molecular complexity index is 490. The van der Waals surface area contributed by atoms with Gasteiger partial charge in [0.15, 0.2) is 5.78 Å². The van der Waals surface area contributed by atoms with Crippen LogP contribution >= 0.6 is 0 Å². The topological polar surface area (TPSA) is 63.6 Å². The Morgan fingerprint density at radius 2 is 2.11 bits per heavy atom. The van der Waals surface area contributed by atoms with Crippen molar-refractivity contribution in [3.63, 3.8) is 0 Å². The van der Waals surface area contributed by atoms with Crippen molar-refractivity contribution in [2.24, 2.45) is 23.7 Å². The smallest absolute Gasteiger partial charge is 0.334 e. The van der Waals surface area contributed by atoms with Gasteiger partial charge < -0.3 is 9.84 Å². The zero-order valence-corrected chi connectivity index (χ0v) is 11.0. The Morgan fingerprint density at radius 1 is 1.37 bits per heavy atom. The lowest BCUT2D eigenvalue weighted by atomic mass is 9.78. The molecule has 0 aromatic heterocycles. The molecule has 5 atom stereocenters. The lowest BCUT2D eigenvalue weighted by molar-refractivity contribution is -0.142. The van der Waals surface area contributed by atoms with Crippen LogP contribution in [0, 0.1) is 23.7 Å². The molecule has 0 radical (unpaired) electrons. The molecular formula is C15H18O4. The van der Waals surface area contributed by atoms with Crippen molar-refractivity contribution in [1.82, 2.24) is 0 Å². The van der Waals surface area contributed by atoms with E-state index in [1.807, 2.05) is 0 Å². The van der Waals surface area contributed by atoms with E-state index in [1.165, 1.54) is 0 Å². The number of rotatable bonds is 1. The third kappa shape index (κ3) is 1.70. The molecule has 0 aromatic carbocycles. The largest absolute Gasteiger partial charge is 0.458 e. The van der Waals surface area contributed by atoms with Gasteiger partial charge in [-0.25, -0.2) is 4.79 Å². The summed E-state index contributed by atoms with van der Waals surface area (Å²) in [7, 11) is 0. The maximum absolute atomic E-state index is 12.1. The first-order chi connectivity index (χ1) is 9.04. The quantitative estimate of drug-likeness (QED) is 0.570. The maximum Gasteiger partial charge on any atom is 0.334 e. The van der Waals surface area contributed by atoms with Gasteiger partial charge in [0.25, 0.3) is 0 Å². The number of allylic oxidation sites excluding steroid dienone is 1. The van der Waals surface area contributed by atoms with Crippen LogP contribution in [0.5, 0.6) is 0 Å². The lowest BCUT2D eigenvalue weighted by Gasteiger charge is -2.28. The highest BCUT2D eigenvalue weighted by atomic mass is 16.6. The zero-order chi connectivity index (χ0) is 13.7. The van der Waals surface area contributed by atoms with E-state index < -0.39 is 0 Å². The van der Waals surface area contributed by atoms with Crippen molar-refractivity contribution < 1.29 is 19.4 Å². The second kappa shape index (κ2) is 4.30. The van der Waals surface area contributed by atoms with Crippen molar-refractivity contribution in [3.05, 3.63) is 23.8 Å². The van der Waals surface area contributed by atoms with E-state index in [1.54, 1.807) is 6.08 Å². The fraction of sp³-hybridized carbons (Fsp3) is 0.600. The van der Waals surface area contributed by atoms with Gasteiger partial charge in [0.1, 0.15) is 6.10 Å². The Hall–Kier alpha value is -1.42. The standard InChI is InChI=1S/C15H18O4/c1-7-3-4-10-8(2)15(18)19-14(10)13-9(6-16)5-11(17)12(7)13/h5,7,10,12-14,16H,2-4,6H2,1H3. The highest BCUT2D eigenvalue weighted by molar-refractivity contribution is 5.97. The Kier molecular flexibility index (Phi) is 2.86. The summed E-state index contributed by atoms with van der Waals surface area (Å²) in [5.41, 5.74) is 1.23. The van der Waals surface area contributed by atoms with E-state index in [0.717, 1.165) is 12.8 Å². The van der Waals surface area contributed by atoms with Crippen molar-refractivity contribution in [2.45, 2.75) is 25.9 Å². The van der Waals surface area contributed by atoms with Gasteiger partial charge in [-0.3, -0.25) is 4.79 Å². The number of aliphatic hydroxyl groups excluding tert-OH is 1.